The second kappa shape index (κ2) is 8.39. The average molecular weight is 448 g/mol. The van der Waals surface area contributed by atoms with E-state index in [-0.39, 0.29) is 12.3 Å². The second-order valence-corrected chi connectivity index (χ2v) is 8.59. The Morgan fingerprint density at radius 1 is 1.00 bits per heavy atom. The molecule has 4 aromatic rings. The van der Waals surface area contributed by atoms with Gasteiger partial charge in [-0.3, -0.25) is 19.0 Å². The lowest BCUT2D eigenvalue weighted by atomic mass is 10.1. The third-order valence-corrected chi connectivity index (χ3v) is 5.97. The Morgan fingerprint density at radius 3 is 2.41 bits per heavy atom. The van der Waals surface area contributed by atoms with Crippen LogP contribution in [0.2, 0.25) is 0 Å². The van der Waals surface area contributed by atoms with Crippen molar-refractivity contribution in [1.29, 1.82) is 0 Å². The van der Waals surface area contributed by atoms with Gasteiger partial charge >= 0.3 is 5.69 Å². The van der Waals surface area contributed by atoms with Crippen LogP contribution in [0.1, 0.15) is 28.4 Å². The zero-order chi connectivity index (χ0) is 23.0. The third-order valence-electron chi connectivity index (χ3n) is 5.07. The van der Waals surface area contributed by atoms with E-state index in [2.05, 4.69) is 5.32 Å². The molecule has 0 spiro atoms. The van der Waals surface area contributed by atoms with E-state index >= 15 is 0 Å². The molecule has 0 unspecified atom stereocenters. The van der Waals surface area contributed by atoms with Gasteiger partial charge in [-0.2, -0.15) is 0 Å². The molecule has 0 radical (unpaired) electrons. The summed E-state index contributed by atoms with van der Waals surface area (Å²) >= 11 is 1.23. The molecule has 0 aliphatic heterocycles. The van der Waals surface area contributed by atoms with E-state index in [1.807, 2.05) is 19.9 Å². The number of nitrogens with one attached hydrogen (secondary N) is 1. The number of hydrogen-bond donors (Lipinski definition) is 1. The van der Waals surface area contributed by atoms with Crippen molar-refractivity contribution in [2.45, 2.75) is 27.3 Å². The number of aromatic nitrogens is 2. The maximum atomic E-state index is 13.4. The largest absolute Gasteiger partial charge is 0.336 e. The first-order valence-electron chi connectivity index (χ1n) is 9.97. The van der Waals surface area contributed by atoms with E-state index in [4.69, 9.17) is 0 Å². The van der Waals surface area contributed by atoms with Crippen LogP contribution in [0.3, 0.4) is 0 Å². The Morgan fingerprint density at radius 2 is 1.72 bits per heavy atom. The quantitative estimate of drug-likeness (QED) is 0.473. The number of hydrogen-bond acceptors (Lipinski definition) is 5. The van der Waals surface area contributed by atoms with Crippen LogP contribution in [0.4, 0.5) is 5.69 Å². The molecular formula is C24H21N3O4S. The average Bonchev–Trinajstić information content (AvgIpc) is 3.21. The van der Waals surface area contributed by atoms with E-state index in [0.717, 1.165) is 15.7 Å². The molecule has 0 atom stereocenters. The van der Waals surface area contributed by atoms with E-state index < -0.39 is 17.2 Å². The highest BCUT2D eigenvalue weighted by molar-refractivity contribution is 7.17. The molecule has 1 amide bonds. The number of ketones is 1. The molecule has 0 fully saturated rings. The number of amides is 1. The zero-order valence-electron chi connectivity index (χ0n) is 17.8. The predicted molar refractivity (Wildman–Crippen MR) is 126 cm³/mol. The number of benzene rings is 2. The molecule has 2 aromatic carbocycles. The monoisotopic (exact) mass is 447 g/mol. The van der Waals surface area contributed by atoms with Gasteiger partial charge in [0.25, 0.3) is 5.56 Å². The lowest BCUT2D eigenvalue weighted by Gasteiger charge is -2.13. The van der Waals surface area contributed by atoms with Gasteiger partial charge in [-0.25, -0.2) is 9.36 Å². The molecule has 0 aliphatic carbocycles. The highest BCUT2D eigenvalue weighted by atomic mass is 32.1. The molecule has 2 heterocycles. The van der Waals surface area contributed by atoms with Crippen LogP contribution in [-0.2, 0) is 11.3 Å². The van der Waals surface area contributed by atoms with Gasteiger partial charge in [0.15, 0.2) is 5.78 Å². The molecule has 162 valence electrons. The van der Waals surface area contributed by atoms with Crippen LogP contribution in [0.5, 0.6) is 0 Å². The second-order valence-electron chi connectivity index (χ2n) is 7.68. The lowest BCUT2D eigenvalue weighted by Crippen LogP contribution is -2.40. The molecule has 0 bridgehead atoms. The molecule has 0 aliphatic rings. The summed E-state index contributed by atoms with van der Waals surface area (Å²) in [5.74, 6) is -0.552. The van der Waals surface area contributed by atoms with Gasteiger partial charge in [0.2, 0.25) is 5.91 Å². The van der Waals surface area contributed by atoms with Crippen LogP contribution in [0.25, 0.3) is 15.9 Å². The highest BCUT2D eigenvalue weighted by Gasteiger charge is 2.18. The minimum atomic E-state index is -0.585. The van der Waals surface area contributed by atoms with Gasteiger partial charge in [0.05, 0.1) is 11.2 Å². The Hall–Kier alpha value is -3.78. The number of carbonyl (C=O) groups excluding carboxylic acids is 2. The fourth-order valence-corrected chi connectivity index (χ4v) is 4.53. The fraction of sp³-hybridized carbons (Fsp3) is 0.167. The maximum Gasteiger partial charge on any atom is 0.336 e. The summed E-state index contributed by atoms with van der Waals surface area (Å²) in [7, 11) is 0. The molecule has 0 saturated carbocycles. The predicted octanol–water partition coefficient (Wildman–Crippen LogP) is 3.67. The van der Waals surface area contributed by atoms with Crippen molar-refractivity contribution in [2.24, 2.45) is 0 Å². The van der Waals surface area contributed by atoms with Crippen molar-refractivity contribution in [2.75, 3.05) is 5.32 Å². The number of fused-ring (bicyclic) bond motifs is 1. The van der Waals surface area contributed by atoms with Crippen molar-refractivity contribution < 1.29 is 9.59 Å². The first-order valence-corrected chi connectivity index (χ1v) is 10.8. The maximum absolute atomic E-state index is 13.4. The SMILES string of the molecule is CC(=O)c1cccc(NC(=O)Cn2c(=O)n(-c3cc(C)cc(C)c3)c(=O)c3sccc32)c1. The molecule has 1 N–H and O–H groups in total. The van der Waals surface area contributed by atoms with E-state index in [1.54, 1.807) is 47.8 Å². The summed E-state index contributed by atoms with van der Waals surface area (Å²) in [5.41, 5.74) is 2.67. The Labute approximate surface area is 187 Å². The first-order chi connectivity index (χ1) is 15.2. The Bertz CT molecular complexity index is 1470. The zero-order valence-corrected chi connectivity index (χ0v) is 18.7. The van der Waals surface area contributed by atoms with Gasteiger partial charge in [-0.1, -0.05) is 18.2 Å². The van der Waals surface area contributed by atoms with Gasteiger partial charge in [-0.15, -0.1) is 11.3 Å². The smallest absolute Gasteiger partial charge is 0.325 e. The van der Waals surface area contributed by atoms with E-state index in [9.17, 15) is 19.2 Å². The molecule has 32 heavy (non-hydrogen) atoms. The van der Waals surface area contributed by atoms with Crippen molar-refractivity contribution >= 4 is 38.9 Å². The molecular weight excluding hydrogens is 426 g/mol. The van der Waals surface area contributed by atoms with Crippen LogP contribution in [0.15, 0.2) is 63.5 Å². The van der Waals surface area contributed by atoms with Crippen molar-refractivity contribution in [1.82, 2.24) is 9.13 Å². The fourth-order valence-electron chi connectivity index (χ4n) is 3.71. The summed E-state index contributed by atoms with van der Waals surface area (Å²) in [4.78, 5) is 50.8. The van der Waals surface area contributed by atoms with Crippen LogP contribution < -0.4 is 16.6 Å². The lowest BCUT2D eigenvalue weighted by molar-refractivity contribution is -0.116. The van der Waals surface area contributed by atoms with Gasteiger partial charge in [0, 0.05) is 11.3 Å². The Balaban J connectivity index is 1.78. The molecule has 8 heteroatoms. The van der Waals surface area contributed by atoms with Gasteiger partial charge in [-0.05, 0) is 67.6 Å². The molecule has 4 rings (SSSR count). The minimum absolute atomic E-state index is 0.113. The number of nitrogens with zero attached hydrogens (tertiary/aromatic N) is 2. The van der Waals surface area contributed by atoms with Crippen molar-refractivity contribution in [3.8, 4) is 5.69 Å². The normalized spacial score (nSPS) is 11.0. The first kappa shape index (κ1) is 21.5. The highest BCUT2D eigenvalue weighted by Crippen LogP contribution is 2.18. The standard InChI is InChI=1S/C24H21N3O4S/c1-14-9-15(2)11-19(10-14)27-23(30)22-20(7-8-32-22)26(24(27)31)13-21(29)25-18-6-4-5-17(12-18)16(3)28/h4-12H,13H2,1-3H3,(H,25,29). The number of anilines is 1. The van der Waals surface area contributed by atoms with E-state index in [1.165, 1.54) is 22.8 Å². The summed E-state index contributed by atoms with van der Waals surface area (Å²) in [5, 5.41) is 4.45. The summed E-state index contributed by atoms with van der Waals surface area (Å²) in [6.45, 7) is 4.96. The van der Waals surface area contributed by atoms with Crippen molar-refractivity contribution in [3.63, 3.8) is 0 Å². The third kappa shape index (κ3) is 4.04. The van der Waals surface area contributed by atoms with E-state index in [0.29, 0.717) is 27.2 Å². The van der Waals surface area contributed by atoms with Gasteiger partial charge in [0.1, 0.15) is 11.2 Å². The van der Waals surface area contributed by atoms with Crippen LogP contribution in [0, 0.1) is 13.8 Å². The molecule has 0 saturated heterocycles. The summed E-state index contributed by atoms with van der Waals surface area (Å²) in [6, 6.07) is 13.8. The molecule has 2 aromatic heterocycles. The number of Topliss-reactive ketones (excluding diaryl/α,β-unsaturated/α-hetero) is 1. The van der Waals surface area contributed by atoms with Crippen molar-refractivity contribution in [3.05, 3.63) is 91.4 Å². The topological polar surface area (TPSA) is 90.2 Å². The minimum Gasteiger partial charge on any atom is -0.325 e. The number of aryl methyl sites for hydroxylation is 2. The number of carbonyl (C=O) groups is 2. The van der Waals surface area contributed by atoms with Crippen LogP contribution >= 0.6 is 11.3 Å². The van der Waals surface area contributed by atoms with Crippen LogP contribution in [-0.4, -0.2) is 20.8 Å². The number of thiophene rings is 1. The summed E-state index contributed by atoms with van der Waals surface area (Å²) in [6.07, 6.45) is 0. The Kier molecular flexibility index (Phi) is 5.63. The number of rotatable bonds is 5. The van der Waals surface area contributed by atoms with Gasteiger partial charge < -0.3 is 5.32 Å². The molecule has 7 nitrogen and oxygen atoms in total. The summed E-state index contributed by atoms with van der Waals surface area (Å²) < 4.78 is 2.81.